The van der Waals surface area contributed by atoms with Crippen LogP contribution in [-0.2, 0) is 11.3 Å². The Labute approximate surface area is 174 Å². The second-order valence-corrected chi connectivity index (χ2v) is 5.60. The van der Waals surface area contributed by atoms with Crippen LogP contribution in [0.5, 0.6) is 17.2 Å². The molecule has 0 saturated carbocycles. The molecule has 0 atom stereocenters. The summed E-state index contributed by atoms with van der Waals surface area (Å²) >= 11 is 0. The van der Waals surface area contributed by atoms with E-state index in [0.717, 1.165) is 32.4 Å². The van der Waals surface area contributed by atoms with Crippen molar-refractivity contribution in [1.29, 1.82) is 0 Å². The number of nitrogens with zero attached hydrogens (tertiary/aromatic N) is 1. The van der Waals surface area contributed by atoms with Gasteiger partial charge in [-0.3, -0.25) is 4.99 Å². The minimum atomic E-state index is -2.92. The zero-order chi connectivity index (χ0) is 18.8. The molecule has 0 aromatic heterocycles. The van der Waals surface area contributed by atoms with E-state index in [1.807, 2.05) is 0 Å². The summed E-state index contributed by atoms with van der Waals surface area (Å²) in [6.45, 7) is -1.09. The fourth-order valence-electron chi connectivity index (χ4n) is 2.46. The first-order valence-electron chi connectivity index (χ1n) is 8.44. The summed E-state index contributed by atoms with van der Waals surface area (Å²) in [6.07, 6.45) is 3.04. The van der Waals surface area contributed by atoms with Crippen LogP contribution in [-0.4, -0.2) is 46.7 Å². The van der Waals surface area contributed by atoms with E-state index in [1.165, 1.54) is 6.07 Å². The number of nitrogens with one attached hydrogen (secondary N) is 2. The summed E-state index contributed by atoms with van der Waals surface area (Å²) in [5.41, 5.74) is 0.526. The Morgan fingerprint density at radius 2 is 1.93 bits per heavy atom. The molecule has 0 amide bonds. The van der Waals surface area contributed by atoms with Gasteiger partial charge in [-0.25, -0.2) is 0 Å². The fraction of sp³-hybridized carbons (Fsp3) is 0.588. The van der Waals surface area contributed by atoms with E-state index in [9.17, 15) is 8.78 Å². The summed E-state index contributed by atoms with van der Waals surface area (Å²) in [6, 6.07) is 3.04. The smallest absolute Gasteiger partial charge is 0.387 e. The first-order valence-corrected chi connectivity index (χ1v) is 8.44. The topological polar surface area (TPSA) is 73.3 Å². The highest BCUT2D eigenvalue weighted by molar-refractivity contribution is 14.0. The fourth-order valence-corrected chi connectivity index (χ4v) is 2.46. The number of methoxy groups -OCH3 is 1. The van der Waals surface area contributed by atoms with Crippen LogP contribution in [0.2, 0.25) is 0 Å². The largest absolute Gasteiger partial charge is 0.454 e. The molecule has 0 radical (unpaired) electrons. The van der Waals surface area contributed by atoms with E-state index in [2.05, 4.69) is 20.4 Å². The molecule has 1 aliphatic rings. The Kier molecular flexibility index (Phi) is 11.1. The van der Waals surface area contributed by atoms with Gasteiger partial charge in [0.2, 0.25) is 6.79 Å². The maximum absolute atomic E-state index is 12.7. The van der Waals surface area contributed by atoms with Gasteiger partial charge in [0.15, 0.2) is 17.5 Å². The van der Waals surface area contributed by atoms with E-state index in [4.69, 9.17) is 14.2 Å². The van der Waals surface area contributed by atoms with Crippen LogP contribution in [0, 0.1) is 0 Å². The Morgan fingerprint density at radius 1 is 1.19 bits per heavy atom. The number of hydrogen-bond acceptors (Lipinski definition) is 5. The third-order valence-electron chi connectivity index (χ3n) is 3.76. The molecule has 10 heteroatoms. The predicted molar refractivity (Wildman–Crippen MR) is 109 cm³/mol. The summed E-state index contributed by atoms with van der Waals surface area (Å²) < 4.78 is 45.4. The van der Waals surface area contributed by atoms with Gasteiger partial charge in [-0.15, -0.1) is 24.0 Å². The van der Waals surface area contributed by atoms with Crippen LogP contribution in [0.25, 0.3) is 0 Å². The van der Waals surface area contributed by atoms with Crippen LogP contribution in [0.1, 0.15) is 24.8 Å². The number of unbranched alkanes of at least 4 members (excludes halogenated alkanes) is 2. The van der Waals surface area contributed by atoms with Crippen molar-refractivity contribution in [3.05, 3.63) is 17.7 Å². The van der Waals surface area contributed by atoms with E-state index in [0.29, 0.717) is 23.0 Å². The average Bonchev–Trinajstić information content (AvgIpc) is 3.07. The number of ether oxygens (including phenoxy) is 4. The molecule has 1 aromatic rings. The molecule has 2 N–H and O–H groups in total. The van der Waals surface area contributed by atoms with E-state index >= 15 is 0 Å². The molecule has 0 unspecified atom stereocenters. The van der Waals surface area contributed by atoms with Crippen LogP contribution < -0.4 is 24.8 Å². The number of hydrogen-bond donors (Lipinski definition) is 2. The summed E-state index contributed by atoms with van der Waals surface area (Å²) in [5.74, 6) is 1.52. The number of aliphatic imine (C=N–C) groups is 1. The van der Waals surface area contributed by atoms with Gasteiger partial charge in [0.1, 0.15) is 5.75 Å². The minimum Gasteiger partial charge on any atom is -0.454 e. The third-order valence-corrected chi connectivity index (χ3v) is 3.76. The van der Waals surface area contributed by atoms with Crippen molar-refractivity contribution in [3.8, 4) is 17.2 Å². The highest BCUT2D eigenvalue weighted by Gasteiger charge is 2.20. The molecule has 7 nitrogen and oxygen atoms in total. The lowest BCUT2D eigenvalue weighted by Crippen LogP contribution is -2.37. The van der Waals surface area contributed by atoms with Gasteiger partial charge in [0.05, 0.1) is 0 Å². The van der Waals surface area contributed by atoms with Crippen molar-refractivity contribution < 1.29 is 27.7 Å². The number of guanidine groups is 1. The van der Waals surface area contributed by atoms with Crippen molar-refractivity contribution in [2.75, 3.05) is 34.1 Å². The SMILES string of the molecule is CN=C(NCCCCCOC)NCc1cc2c(cc1OC(F)F)OCO2.I. The second kappa shape index (κ2) is 12.8. The number of fused-ring (bicyclic) bond motifs is 1. The van der Waals surface area contributed by atoms with Gasteiger partial charge in [-0.05, 0) is 25.3 Å². The molecule has 27 heavy (non-hydrogen) atoms. The van der Waals surface area contributed by atoms with Crippen molar-refractivity contribution in [2.24, 2.45) is 4.99 Å². The molecular weight excluding hydrogens is 475 g/mol. The lowest BCUT2D eigenvalue weighted by molar-refractivity contribution is -0.0505. The summed E-state index contributed by atoms with van der Waals surface area (Å²) in [4.78, 5) is 4.13. The van der Waals surface area contributed by atoms with Gasteiger partial charge >= 0.3 is 6.61 Å². The molecule has 0 bridgehead atoms. The number of alkyl halides is 2. The standard InChI is InChI=1S/C17H25F2N3O4.HI/c1-20-17(21-6-4-3-5-7-23-2)22-10-12-8-14-15(25-11-24-14)9-13(12)26-16(18)19;/h8-9,16H,3-7,10-11H2,1-2H3,(H2,20,21,22);1H. The molecule has 2 rings (SSSR count). The Balaban J connectivity index is 0.00000364. The van der Waals surface area contributed by atoms with Crippen molar-refractivity contribution in [2.45, 2.75) is 32.4 Å². The monoisotopic (exact) mass is 501 g/mol. The zero-order valence-electron chi connectivity index (χ0n) is 15.4. The lowest BCUT2D eigenvalue weighted by Gasteiger charge is -2.15. The van der Waals surface area contributed by atoms with Crippen LogP contribution in [0.15, 0.2) is 17.1 Å². The van der Waals surface area contributed by atoms with E-state index in [1.54, 1.807) is 20.2 Å². The Hall–Kier alpha value is -1.56. The Bertz CT molecular complexity index is 606. The van der Waals surface area contributed by atoms with Gasteiger partial charge in [-0.1, -0.05) is 0 Å². The van der Waals surface area contributed by atoms with E-state index < -0.39 is 6.61 Å². The average molecular weight is 501 g/mol. The van der Waals surface area contributed by atoms with E-state index in [-0.39, 0.29) is 43.1 Å². The van der Waals surface area contributed by atoms with Gasteiger partial charge in [0, 0.05) is 45.5 Å². The first-order chi connectivity index (χ1) is 12.6. The van der Waals surface area contributed by atoms with Gasteiger partial charge < -0.3 is 29.6 Å². The molecule has 1 aliphatic heterocycles. The summed E-state index contributed by atoms with van der Waals surface area (Å²) in [7, 11) is 3.34. The molecule has 0 saturated heterocycles. The lowest BCUT2D eigenvalue weighted by atomic mass is 10.1. The molecule has 0 aliphatic carbocycles. The number of rotatable bonds is 10. The molecule has 1 heterocycles. The van der Waals surface area contributed by atoms with Crippen LogP contribution in [0.3, 0.4) is 0 Å². The molecule has 0 spiro atoms. The maximum atomic E-state index is 12.7. The molecule has 154 valence electrons. The molecule has 1 aromatic carbocycles. The maximum Gasteiger partial charge on any atom is 0.387 e. The molecule has 0 fully saturated rings. The predicted octanol–water partition coefficient (Wildman–Crippen LogP) is 3.12. The Morgan fingerprint density at radius 3 is 2.59 bits per heavy atom. The highest BCUT2D eigenvalue weighted by Crippen LogP contribution is 2.38. The minimum absolute atomic E-state index is 0. The van der Waals surface area contributed by atoms with Crippen LogP contribution >= 0.6 is 24.0 Å². The summed E-state index contributed by atoms with van der Waals surface area (Å²) in [5, 5.41) is 6.27. The second-order valence-electron chi connectivity index (χ2n) is 5.60. The normalized spacial score (nSPS) is 12.7. The number of benzene rings is 1. The van der Waals surface area contributed by atoms with Crippen molar-refractivity contribution in [1.82, 2.24) is 10.6 Å². The number of halogens is 3. The first kappa shape index (κ1) is 23.5. The van der Waals surface area contributed by atoms with Crippen LogP contribution in [0.4, 0.5) is 8.78 Å². The highest BCUT2D eigenvalue weighted by atomic mass is 127. The van der Waals surface area contributed by atoms with Gasteiger partial charge in [0.25, 0.3) is 0 Å². The third kappa shape index (κ3) is 7.91. The van der Waals surface area contributed by atoms with Crippen molar-refractivity contribution in [3.63, 3.8) is 0 Å². The quantitative estimate of drug-likeness (QED) is 0.222. The van der Waals surface area contributed by atoms with Gasteiger partial charge in [-0.2, -0.15) is 8.78 Å². The molecular formula is C17H26F2IN3O4. The van der Waals surface area contributed by atoms with Crippen molar-refractivity contribution >= 4 is 29.9 Å². The zero-order valence-corrected chi connectivity index (χ0v) is 17.8.